The summed E-state index contributed by atoms with van der Waals surface area (Å²) in [5, 5.41) is 0. The standard InChI is InChI=1S/C17H18O2/c1-19-17(18)13-12-16(14-8-4-2-5-9-14)15-10-6-3-7-11-15/h2,4-13,15-16H,3H2,1H3/b13-12+. The lowest BCUT2D eigenvalue weighted by Gasteiger charge is -2.21. The predicted molar refractivity (Wildman–Crippen MR) is 76.7 cm³/mol. The van der Waals surface area contributed by atoms with Gasteiger partial charge in [-0.15, -0.1) is 0 Å². The Balaban J connectivity index is 2.25. The Kier molecular flexibility index (Phi) is 4.73. The summed E-state index contributed by atoms with van der Waals surface area (Å²) in [6, 6.07) is 10.2. The van der Waals surface area contributed by atoms with Crippen molar-refractivity contribution in [2.45, 2.75) is 12.3 Å². The average molecular weight is 254 g/mol. The lowest BCUT2D eigenvalue weighted by atomic mass is 9.83. The molecular formula is C17H18O2. The van der Waals surface area contributed by atoms with Crippen molar-refractivity contribution in [2.24, 2.45) is 5.92 Å². The highest BCUT2D eigenvalue weighted by Gasteiger charge is 2.17. The van der Waals surface area contributed by atoms with Gasteiger partial charge in [-0.3, -0.25) is 0 Å². The molecule has 0 heterocycles. The number of esters is 1. The van der Waals surface area contributed by atoms with E-state index in [-0.39, 0.29) is 17.8 Å². The van der Waals surface area contributed by atoms with E-state index in [1.54, 1.807) is 0 Å². The van der Waals surface area contributed by atoms with Gasteiger partial charge in [0.15, 0.2) is 0 Å². The predicted octanol–water partition coefficient (Wildman–Crippen LogP) is 3.63. The maximum absolute atomic E-state index is 11.3. The fraction of sp³-hybridized carbons (Fsp3) is 0.235. The normalized spacial score (nSPS) is 16.7. The van der Waals surface area contributed by atoms with Gasteiger partial charge in [-0.05, 0) is 12.0 Å². The van der Waals surface area contributed by atoms with Gasteiger partial charge in [-0.2, -0.15) is 0 Å². The molecule has 98 valence electrons. The number of rotatable bonds is 4. The minimum Gasteiger partial charge on any atom is -0.466 e. The summed E-state index contributed by atoms with van der Waals surface area (Å²) in [5.41, 5.74) is 1.20. The van der Waals surface area contributed by atoms with Crippen LogP contribution in [0.4, 0.5) is 0 Å². The van der Waals surface area contributed by atoms with Gasteiger partial charge < -0.3 is 4.74 Å². The molecule has 0 bridgehead atoms. The fourth-order valence-corrected chi connectivity index (χ4v) is 2.24. The highest BCUT2D eigenvalue weighted by Crippen LogP contribution is 2.30. The SMILES string of the molecule is COC(=O)/C=C/C(c1ccccc1)C1C=CCC=C1. The summed E-state index contributed by atoms with van der Waals surface area (Å²) in [7, 11) is 1.39. The number of methoxy groups -OCH3 is 1. The van der Waals surface area contributed by atoms with Crippen LogP contribution < -0.4 is 0 Å². The molecule has 1 aliphatic rings. The van der Waals surface area contributed by atoms with Gasteiger partial charge in [-0.25, -0.2) is 4.79 Å². The largest absolute Gasteiger partial charge is 0.466 e. The molecule has 0 radical (unpaired) electrons. The molecule has 0 saturated carbocycles. The Morgan fingerprint density at radius 3 is 2.58 bits per heavy atom. The van der Waals surface area contributed by atoms with E-state index in [9.17, 15) is 4.79 Å². The molecule has 2 heteroatoms. The van der Waals surface area contributed by atoms with Gasteiger partial charge in [0.2, 0.25) is 0 Å². The molecule has 0 aromatic heterocycles. The molecule has 0 fully saturated rings. The Hall–Kier alpha value is -2.09. The summed E-state index contributed by atoms with van der Waals surface area (Å²) < 4.78 is 4.66. The quantitative estimate of drug-likeness (QED) is 0.466. The molecule has 0 N–H and O–H groups in total. The molecule has 19 heavy (non-hydrogen) atoms. The van der Waals surface area contributed by atoms with Crippen LogP contribution in [0.3, 0.4) is 0 Å². The zero-order valence-corrected chi connectivity index (χ0v) is 11.0. The Labute approximate surface area is 114 Å². The molecule has 1 aromatic rings. The summed E-state index contributed by atoms with van der Waals surface area (Å²) >= 11 is 0. The molecule has 0 saturated heterocycles. The number of carbonyl (C=O) groups excluding carboxylic acids is 1. The van der Waals surface area contributed by atoms with Crippen LogP contribution in [0.25, 0.3) is 0 Å². The second-order valence-corrected chi connectivity index (χ2v) is 4.49. The first-order valence-corrected chi connectivity index (χ1v) is 6.45. The second-order valence-electron chi connectivity index (χ2n) is 4.49. The van der Waals surface area contributed by atoms with E-state index in [0.29, 0.717) is 0 Å². The lowest BCUT2D eigenvalue weighted by molar-refractivity contribution is -0.134. The molecule has 0 aliphatic heterocycles. The van der Waals surface area contributed by atoms with E-state index >= 15 is 0 Å². The first-order valence-electron chi connectivity index (χ1n) is 6.45. The Morgan fingerprint density at radius 2 is 1.95 bits per heavy atom. The van der Waals surface area contributed by atoms with Gasteiger partial charge >= 0.3 is 5.97 Å². The smallest absolute Gasteiger partial charge is 0.330 e. The molecule has 0 spiro atoms. The molecule has 1 aromatic carbocycles. The van der Waals surface area contributed by atoms with Crippen LogP contribution >= 0.6 is 0 Å². The van der Waals surface area contributed by atoms with E-state index in [1.165, 1.54) is 18.7 Å². The maximum atomic E-state index is 11.3. The van der Waals surface area contributed by atoms with Crippen molar-refractivity contribution in [1.29, 1.82) is 0 Å². The number of ether oxygens (including phenoxy) is 1. The highest BCUT2D eigenvalue weighted by molar-refractivity contribution is 5.81. The molecule has 0 amide bonds. The first kappa shape index (κ1) is 13.3. The molecule has 1 atom stereocenters. The topological polar surface area (TPSA) is 26.3 Å². The fourth-order valence-electron chi connectivity index (χ4n) is 2.24. The summed E-state index contributed by atoms with van der Waals surface area (Å²) in [6.07, 6.45) is 13.1. The molecule has 2 nitrogen and oxygen atoms in total. The highest BCUT2D eigenvalue weighted by atomic mass is 16.5. The Morgan fingerprint density at radius 1 is 1.26 bits per heavy atom. The van der Waals surface area contributed by atoms with Gasteiger partial charge in [0.05, 0.1) is 7.11 Å². The van der Waals surface area contributed by atoms with Crippen LogP contribution in [0, 0.1) is 5.92 Å². The van der Waals surface area contributed by atoms with E-state index in [4.69, 9.17) is 0 Å². The third-order valence-corrected chi connectivity index (χ3v) is 3.23. The van der Waals surface area contributed by atoms with Gasteiger partial charge in [0.1, 0.15) is 0 Å². The summed E-state index contributed by atoms with van der Waals surface area (Å²) in [4.78, 5) is 11.3. The van der Waals surface area contributed by atoms with Crippen molar-refractivity contribution in [3.05, 3.63) is 72.4 Å². The molecule has 1 aliphatic carbocycles. The Bertz CT molecular complexity index is 485. The average Bonchev–Trinajstić information content (AvgIpc) is 2.49. The third kappa shape index (κ3) is 3.68. The number of carbonyl (C=O) groups is 1. The molecular weight excluding hydrogens is 236 g/mol. The van der Waals surface area contributed by atoms with Gasteiger partial charge in [0.25, 0.3) is 0 Å². The summed E-state index contributed by atoms with van der Waals surface area (Å²) in [5.74, 6) is 0.134. The van der Waals surface area contributed by atoms with E-state index < -0.39 is 0 Å². The van der Waals surface area contributed by atoms with E-state index in [0.717, 1.165) is 6.42 Å². The number of hydrogen-bond donors (Lipinski definition) is 0. The number of allylic oxidation sites excluding steroid dienone is 5. The zero-order chi connectivity index (χ0) is 13.5. The van der Waals surface area contributed by atoms with Crippen LogP contribution in [0.5, 0.6) is 0 Å². The third-order valence-electron chi connectivity index (χ3n) is 3.23. The number of benzene rings is 1. The van der Waals surface area contributed by atoms with Crippen molar-refractivity contribution in [2.75, 3.05) is 7.11 Å². The van der Waals surface area contributed by atoms with Crippen molar-refractivity contribution in [1.82, 2.24) is 0 Å². The minimum absolute atomic E-state index is 0.160. The molecule has 2 rings (SSSR count). The van der Waals surface area contributed by atoms with Crippen molar-refractivity contribution in [3.63, 3.8) is 0 Å². The van der Waals surface area contributed by atoms with E-state index in [1.807, 2.05) is 24.3 Å². The van der Waals surface area contributed by atoms with E-state index in [2.05, 4.69) is 41.2 Å². The van der Waals surface area contributed by atoms with Crippen LogP contribution in [0.1, 0.15) is 17.9 Å². The van der Waals surface area contributed by atoms with Crippen molar-refractivity contribution < 1.29 is 9.53 Å². The zero-order valence-electron chi connectivity index (χ0n) is 11.0. The lowest BCUT2D eigenvalue weighted by Crippen LogP contribution is -2.09. The maximum Gasteiger partial charge on any atom is 0.330 e. The summed E-state index contributed by atoms with van der Waals surface area (Å²) in [6.45, 7) is 0. The van der Waals surface area contributed by atoms with Crippen molar-refractivity contribution in [3.8, 4) is 0 Å². The minimum atomic E-state index is -0.315. The second kappa shape index (κ2) is 6.74. The van der Waals surface area contributed by atoms with Crippen LogP contribution in [0.15, 0.2) is 66.8 Å². The monoisotopic (exact) mass is 254 g/mol. The van der Waals surface area contributed by atoms with Gasteiger partial charge in [-0.1, -0.05) is 60.7 Å². The van der Waals surface area contributed by atoms with Crippen molar-refractivity contribution >= 4 is 5.97 Å². The van der Waals surface area contributed by atoms with Gasteiger partial charge in [0, 0.05) is 17.9 Å². The first-order chi connectivity index (χ1) is 9.31. The van der Waals surface area contributed by atoms with Crippen LogP contribution in [-0.4, -0.2) is 13.1 Å². The molecule has 1 unspecified atom stereocenters. The van der Waals surface area contributed by atoms with Crippen LogP contribution in [-0.2, 0) is 9.53 Å². The number of hydrogen-bond acceptors (Lipinski definition) is 2. The van der Waals surface area contributed by atoms with Crippen LogP contribution in [0.2, 0.25) is 0 Å².